The Balaban J connectivity index is 1.88. The largest absolute Gasteiger partial charge is 0.468 e. The maximum Gasteiger partial charge on any atom is 0.325 e. The maximum atomic E-state index is 11.8. The second-order valence-corrected chi connectivity index (χ2v) is 6.41. The van der Waals surface area contributed by atoms with E-state index in [-0.39, 0.29) is 5.97 Å². The molecule has 116 valence electrons. The number of nitrogens with two attached hydrogens (primary N) is 1. The zero-order valence-electron chi connectivity index (χ0n) is 13.1. The molecule has 0 radical (unpaired) electrons. The van der Waals surface area contributed by atoms with Gasteiger partial charge in [-0.15, -0.1) is 0 Å². The fraction of sp³-hybridized carbons (Fsp3) is 0.933. The van der Waals surface area contributed by atoms with E-state index in [2.05, 4.69) is 23.8 Å². The van der Waals surface area contributed by atoms with Gasteiger partial charge in [0.05, 0.1) is 7.11 Å². The van der Waals surface area contributed by atoms with E-state index in [1.165, 1.54) is 26.5 Å². The van der Waals surface area contributed by atoms with Gasteiger partial charge in [-0.25, -0.2) is 0 Å². The van der Waals surface area contributed by atoms with Crippen molar-refractivity contribution in [3.63, 3.8) is 0 Å². The van der Waals surface area contributed by atoms with Crippen LogP contribution < -0.4 is 5.73 Å². The molecule has 2 rings (SSSR count). The molecule has 3 unspecified atom stereocenters. The molecule has 0 aromatic rings. The first-order valence-corrected chi connectivity index (χ1v) is 7.81. The van der Waals surface area contributed by atoms with E-state index in [4.69, 9.17) is 10.5 Å². The number of hydrogen-bond acceptors (Lipinski definition) is 5. The van der Waals surface area contributed by atoms with Gasteiger partial charge in [0.2, 0.25) is 0 Å². The van der Waals surface area contributed by atoms with Crippen molar-refractivity contribution in [2.45, 2.75) is 56.7 Å². The molecule has 1 heterocycles. The second kappa shape index (κ2) is 6.41. The van der Waals surface area contributed by atoms with E-state index in [9.17, 15) is 4.79 Å². The lowest BCUT2D eigenvalue weighted by Crippen LogP contribution is -2.48. The first kappa shape index (κ1) is 15.7. The van der Waals surface area contributed by atoms with E-state index in [0.29, 0.717) is 12.1 Å². The Morgan fingerprint density at radius 3 is 2.90 bits per heavy atom. The number of esters is 1. The summed E-state index contributed by atoms with van der Waals surface area (Å²) < 4.78 is 4.84. The third kappa shape index (κ3) is 3.15. The highest BCUT2D eigenvalue weighted by Gasteiger charge is 2.44. The van der Waals surface area contributed by atoms with Gasteiger partial charge >= 0.3 is 5.97 Å². The second-order valence-electron chi connectivity index (χ2n) is 6.41. The molecule has 0 aromatic carbocycles. The molecule has 0 aromatic heterocycles. The van der Waals surface area contributed by atoms with Gasteiger partial charge in [0.25, 0.3) is 0 Å². The number of nitrogens with zero attached hydrogens (tertiary/aromatic N) is 2. The van der Waals surface area contributed by atoms with Crippen molar-refractivity contribution >= 4 is 5.97 Å². The molecule has 1 saturated heterocycles. The number of ether oxygens (including phenoxy) is 1. The molecular formula is C15H29N3O2. The molecule has 2 fully saturated rings. The Labute approximate surface area is 122 Å². The van der Waals surface area contributed by atoms with E-state index in [0.717, 1.165) is 32.4 Å². The first-order valence-electron chi connectivity index (χ1n) is 7.81. The monoisotopic (exact) mass is 283 g/mol. The summed E-state index contributed by atoms with van der Waals surface area (Å²) in [5, 5.41) is 0. The van der Waals surface area contributed by atoms with Crippen LogP contribution in [0, 0.1) is 0 Å². The van der Waals surface area contributed by atoms with Crippen molar-refractivity contribution in [3.05, 3.63) is 0 Å². The summed E-state index contributed by atoms with van der Waals surface area (Å²) in [6, 6.07) is 1.06. The summed E-state index contributed by atoms with van der Waals surface area (Å²) >= 11 is 0. The number of methoxy groups -OCH3 is 1. The Kier molecular flexibility index (Phi) is 5.04. The van der Waals surface area contributed by atoms with Crippen LogP contribution >= 0.6 is 0 Å². The van der Waals surface area contributed by atoms with Crippen LogP contribution in [0.2, 0.25) is 0 Å². The van der Waals surface area contributed by atoms with Gasteiger partial charge in [-0.2, -0.15) is 0 Å². The van der Waals surface area contributed by atoms with E-state index in [1.807, 2.05) is 0 Å². The van der Waals surface area contributed by atoms with Crippen LogP contribution in [0.1, 0.15) is 39.0 Å². The van der Waals surface area contributed by atoms with Gasteiger partial charge in [-0.3, -0.25) is 9.69 Å². The highest BCUT2D eigenvalue weighted by Crippen LogP contribution is 2.32. The van der Waals surface area contributed by atoms with Crippen LogP contribution in [0.15, 0.2) is 0 Å². The molecule has 0 bridgehead atoms. The number of carbonyl (C=O) groups is 1. The van der Waals surface area contributed by atoms with Gasteiger partial charge in [0, 0.05) is 18.6 Å². The topological polar surface area (TPSA) is 58.8 Å². The zero-order chi connectivity index (χ0) is 14.8. The molecular weight excluding hydrogens is 254 g/mol. The van der Waals surface area contributed by atoms with E-state index in [1.54, 1.807) is 0 Å². The van der Waals surface area contributed by atoms with Crippen LogP contribution in [0.5, 0.6) is 0 Å². The molecule has 2 aliphatic rings. The molecule has 20 heavy (non-hydrogen) atoms. The Bertz CT molecular complexity index is 350. The minimum absolute atomic E-state index is 0.260. The van der Waals surface area contributed by atoms with Crippen molar-refractivity contribution in [2.24, 2.45) is 5.73 Å². The molecule has 1 saturated carbocycles. The summed E-state index contributed by atoms with van der Waals surface area (Å²) in [6.07, 6.45) is 5.03. The number of hydrogen-bond donors (Lipinski definition) is 1. The summed E-state index contributed by atoms with van der Waals surface area (Å²) in [7, 11) is 3.59. The lowest BCUT2D eigenvalue weighted by molar-refractivity contribution is -0.146. The predicted octanol–water partition coefficient (Wildman–Crippen LogP) is 0.826. The SMILES string of the molecule is CCN1CCCC1CN(C)C1CCC(N)(C(=O)OC)C1. The lowest BCUT2D eigenvalue weighted by Gasteiger charge is -2.32. The molecule has 0 amide bonds. The highest BCUT2D eigenvalue weighted by atomic mass is 16.5. The molecule has 5 heteroatoms. The quantitative estimate of drug-likeness (QED) is 0.757. The standard InChI is InChI=1S/C15H29N3O2/c1-4-18-9-5-6-13(18)11-17(2)12-7-8-15(16,10-12)14(19)20-3/h12-13H,4-11,16H2,1-3H3. The summed E-state index contributed by atoms with van der Waals surface area (Å²) in [4.78, 5) is 16.7. The number of likely N-dealkylation sites (N-methyl/N-ethyl adjacent to an activating group) is 2. The lowest BCUT2D eigenvalue weighted by atomic mass is 9.99. The number of rotatable bonds is 5. The normalized spacial score (nSPS) is 34.9. The average Bonchev–Trinajstić information content (AvgIpc) is 3.05. The Hall–Kier alpha value is -0.650. The first-order chi connectivity index (χ1) is 9.50. The summed E-state index contributed by atoms with van der Waals surface area (Å²) in [6.45, 7) is 5.67. The average molecular weight is 283 g/mol. The molecule has 1 aliphatic carbocycles. The van der Waals surface area contributed by atoms with Gasteiger partial charge < -0.3 is 15.4 Å². The molecule has 5 nitrogen and oxygen atoms in total. The third-order valence-electron chi connectivity index (χ3n) is 5.14. The van der Waals surface area contributed by atoms with Crippen LogP contribution in [-0.4, -0.2) is 67.2 Å². The molecule has 1 aliphatic heterocycles. The zero-order valence-corrected chi connectivity index (χ0v) is 13.1. The van der Waals surface area contributed by atoms with Crippen molar-refractivity contribution in [1.29, 1.82) is 0 Å². The van der Waals surface area contributed by atoms with Crippen molar-refractivity contribution in [3.8, 4) is 0 Å². The highest BCUT2D eigenvalue weighted by molar-refractivity contribution is 5.81. The van der Waals surface area contributed by atoms with Crippen LogP contribution in [0.3, 0.4) is 0 Å². The van der Waals surface area contributed by atoms with E-state index >= 15 is 0 Å². The van der Waals surface area contributed by atoms with E-state index < -0.39 is 5.54 Å². The fourth-order valence-electron chi connectivity index (χ4n) is 3.81. The minimum Gasteiger partial charge on any atom is -0.468 e. The van der Waals surface area contributed by atoms with Gasteiger partial charge in [-0.1, -0.05) is 6.92 Å². The third-order valence-corrected chi connectivity index (χ3v) is 5.14. The molecule has 0 spiro atoms. The van der Waals surface area contributed by atoms with Gasteiger partial charge in [0.15, 0.2) is 0 Å². The number of carbonyl (C=O) groups excluding carboxylic acids is 1. The fourth-order valence-corrected chi connectivity index (χ4v) is 3.81. The molecule has 3 atom stereocenters. The predicted molar refractivity (Wildman–Crippen MR) is 79.5 cm³/mol. The number of likely N-dealkylation sites (tertiary alicyclic amines) is 1. The Morgan fingerprint density at radius 2 is 2.25 bits per heavy atom. The minimum atomic E-state index is -0.770. The summed E-state index contributed by atoms with van der Waals surface area (Å²) in [5.41, 5.74) is 5.42. The van der Waals surface area contributed by atoms with Gasteiger partial charge in [-0.05, 0) is 52.2 Å². The van der Waals surface area contributed by atoms with Crippen LogP contribution in [0.25, 0.3) is 0 Å². The molecule has 2 N–H and O–H groups in total. The van der Waals surface area contributed by atoms with Crippen LogP contribution in [-0.2, 0) is 9.53 Å². The van der Waals surface area contributed by atoms with Gasteiger partial charge in [0.1, 0.15) is 5.54 Å². The smallest absolute Gasteiger partial charge is 0.325 e. The maximum absolute atomic E-state index is 11.8. The van der Waals surface area contributed by atoms with Crippen molar-refractivity contribution in [2.75, 3.05) is 33.8 Å². The van der Waals surface area contributed by atoms with Crippen molar-refractivity contribution in [1.82, 2.24) is 9.80 Å². The Morgan fingerprint density at radius 1 is 1.50 bits per heavy atom. The summed E-state index contributed by atoms with van der Waals surface area (Å²) in [5.74, 6) is -0.260. The van der Waals surface area contributed by atoms with Crippen molar-refractivity contribution < 1.29 is 9.53 Å². The van der Waals surface area contributed by atoms with Crippen LogP contribution in [0.4, 0.5) is 0 Å².